The van der Waals surface area contributed by atoms with Crippen molar-refractivity contribution >= 4 is 11.9 Å². The topological polar surface area (TPSA) is 96.5 Å². The number of carboxylic acids is 1. The van der Waals surface area contributed by atoms with E-state index < -0.39 is 12.0 Å². The monoisotopic (exact) mass is 343 g/mol. The SMILES string of the molecule is CC1CCN(C(=O)CCc2nnc(-c3ccccc3)o2)C(C(=O)O)C1. The minimum atomic E-state index is -0.941. The molecule has 1 aliphatic rings. The molecule has 0 aliphatic carbocycles. The van der Waals surface area contributed by atoms with Gasteiger partial charge in [-0.15, -0.1) is 10.2 Å². The van der Waals surface area contributed by atoms with Gasteiger partial charge in [-0.2, -0.15) is 0 Å². The zero-order valence-electron chi connectivity index (χ0n) is 14.1. The molecule has 7 heteroatoms. The summed E-state index contributed by atoms with van der Waals surface area (Å²) in [6.45, 7) is 2.50. The number of piperidine rings is 1. The molecule has 25 heavy (non-hydrogen) atoms. The highest BCUT2D eigenvalue weighted by atomic mass is 16.4. The summed E-state index contributed by atoms with van der Waals surface area (Å²) in [7, 11) is 0. The summed E-state index contributed by atoms with van der Waals surface area (Å²) in [4.78, 5) is 25.3. The average molecular weight is 343 g/mol. The van der Waals surface area contributed by atoms with Gasteiger partial charge in [-0.1, -0.05) is 25.1 Å². The second kappa shape index (κ2) is 7.46. The van der Waals surface area contributed by atoms with Gasteiger partial charge in [-0.3, -0.25) is 4.79 Å². The van der Waals surface area contributed by atoms with E-state index in [2.05, 4.69) is 10.2 Å². The van der Waals surface area contributed by atoms with E-state index in [0.29, 0.717) is 37.1 Å². The van der Waals surface area contributed by atoms with E-state index in [9.17, 15) is 14.7 Å². The van der Waals surface area contributed by atoms with Gasteiger partial charge in [0.1, 0.15) is 6.04 Å². The largest absolute Gasteiger partial charge is 0.480 e. The zero-order chi connectivity index (χ0) is 17.8. The van der Waals surface area contributed by atoms with Crippen LogP contribution in [0.25, 0.3) is 11.5 Å². The standard InChI is InChI=1S/C18H21N3O4/c1-12-9-10-21(14(11-12)18(23)24)16(22)8-7-15-19-20-17(25-15)13-5-3-2-4-6-13/h2-6,12,14H,7-11H2,1H3,(H,23,24). The molecule has 2 unspecified atom stereocenters. The van der Waals surface area contributed by atoms with Crippen LogP contribution >= 0.6 is 0 Å². The van der Waals surface area contributed by atoms with Crippen LogP contribution in [0.3, 0.4) is 0 Å². The predicted molar refractivity (Wildman–Crippen MR) is 89.6 cm³/mol. The summed E-state index contributed by atoms with van der Waals surface area (Å²) < 4.78 is 5.59. The first-order valence-corrected chi connectivity index (χ1v) is 8.44. The van der Waals surface area contributed by atoms with E-state index in [1.807, 2.05) is 37.3 Å². The second-order valence-corrected chi connectivity index (χ2v) is 6.44. The lowest BCUT2D eigenvalue weighted by Crippen LogP contribution is -2.49. The first-order chi connectivity index (χ1) is 12.0. The third kappa shape index (κ3) is 4.04. The normalized spacial score (nSPS) is 20.4. The van der Waals surface area contributed by atoms with Gasteiger partial charge >= 0.3 is 5.97 Å². The Bertz CT molecular complexity index is 744. The van der Waals surface area contributed by atoms with E-state index in [-0.39, 0.29) is 12.3 Å². The van der Waals surface area contributed by atoms with Crippen molar-refractivity contribution in [3.8, 4) is 11.5 Å². The molecule has 132 valence electrons. The van der Waals surface area contributed by atoms with Gasteiger partial charge in [0.2, 0.25) is 17.7 Å². The number of amides is 1. The number of hydrogen-bond acceptors (Lipinski definition) is 5. The summed E-state index contributed by atoms with van der Waals surface area (Å²) in [6.07, 6.45) is 1.79. The van der Waals surface area contributed by atoms with Crippen LogP contribution in [0.4, 0.5) is 0 Å². The lowest BCUT2D eigenvalue weighted by molar-refractivity contribution is -0.153. The van der Waals surface area contributed by atoms with Crippen molar-refractivity contribution in [2.45, 2.75) is 38.6 Å². The third-order valence-electron chi connectivity index (χ3n) is 4.51. The number of aromatic nitrogens is 2. The van der Waals surface area contributed by atoms with Gasteiger partial charge in [0.05, 0.1) is 0 Å². The van der Waals surface area contributed by atoms with Crippen LogP contribution in [-0.2, 0) is 16.0 Å². The van der Waals surface area contributed by atoms with Gasteiger partial charge in [0, 0.05) is 24.9 Å². The van der Waals surface area contributed by atoms with E-state index in [0.717, 1.165) is 12.0 Å². The second-order valence-electron chi connectivity index (χ2n) is 6.44. The van der Waals surface area contributed by atoms with Gasteiger partial charge in [0.15, 0.2) is 0 Å². The molecule has 1 aliphatic heterocycles. The van der Waals surface area contributed by atoms with Crippen LogP contribution < -0.4 is 0 Å². The smallest absolute Gasteiger partial charge is 0.326 e. The fraction of sp³-hybridized carbons (Fsp3) is 0.444. The number of carboxylic acid groups (broad SMARTS) is 1. The Morgan fingerprint density at radius 2 is 2.04 bits per heavy atom. The first-order valence-electron chi connectivity index (χ1n) is 8.44. The molecular formula is C18H21N3O4. The van der Waals surface area contributed by atoms with Crippen molar-refractivity contribution in [2.24, 2.45) is 5.92 Å². The van der Waals surface area contributed by atoms with Gasteiger partial charge in [0.25, 0.3) is 0 Å². The van der Waals surface area contributed by atoms with Crippen molar-refractivity contribution in [1.29, 1.82) is 0 Å². The van der Waals surface area contributed by atoms with Crippen LogP contribution in [-0.4, -0.2) is 44.7 Å². The summed E-state index contributed by atoms with van der Waals surface area (Å²) in [5.41, 5.74) is 0.823. The highest BCUT2D eigenvalue weighted by Gasteiger charge is 2.34. The van der Waals surface area contributed by atoms with Gasteiger partial charge in [-0.05, 0) is 30.9 Å². The van der Waals surface area contributed by atoms with E-state index in [1.165, 1.54) is 4.90 Å². The van der Waals surface area contributed by atoms with Crippen LogP contribution in [0.1, 0.15) is 32.1 Å². The molecule has 1 amide bonds. The first kappa shape index (κ1) is 17.1. The molecule has 1 aromatic heterocycles. The fourth-order valence-electron chi connectivity index (χ4n) is 3.08. The van der Waals surface area contributed by atoms with Crippen molar-refractivity contribution < 1.29 is 19.1 Å². The number of likely N-dealkylation sites (tertiary alicyclic amines) is 1. The van der Waals surface area contributed by atoms with Crippen LogP contribution in [0.2, 0.25) is 0 Å². The number of carbonyl (C=O) groups is 2. The Balaban J connectivity index is 1.60. The van der Waals surface area contributed by atoms with Gasteiger partial charge < -0.3 is 14.4 Å². The lowest BCUT2D eigenvalue weighted by Gasteiger charge is -2.36. The molecular weight excluding hydrogens is 322 g/mol. The molecule has 0 radical (unpaired) electrons. The molecule has 0 saturated carbocycles. The van der Waals surface area contributed by atoms with Crippen molar-refractivity contribution in [2.75, 3.05) is 6.54 Å². The molecule has 1 fully saturated rings. The Hall–Kier alpha value is -2.70. The molecule has 3 rings (SSSR count). The minimum Gasteiger partial charge on any atom is -0.480 e. The van der Waals surface area contributed by atoms with Gasteiger partial charge in [-0.25, -0.2) is 4.79 Å². The number of carbonyl (C=O) groups excluding carboxylic acids is 1. The molecule has 2 aromatic rings. The number of aliphatic carboxylic acids is 1. The van der Waals surface area contributed by atoms with Crippen LogP contribution in [0.15, 0.2) is 34.7 Å². The van der Waals surface area contributed by atoms with Crippen molar-refractivity contribution in [3.63, 3.8) is 0 Å². The highest BCUT2D eigenvalue weighted by molar-refractivity contribution is 5.84. The molecule has 0 spiro atoms. The maximum Gasteiger partial charge on any atom is 0.326 e. The predicted octanol–water partition coefficient (Wildman–Crippen LogP) is 2.38. The zero-order valence-corrected chi connectivity index (χ0v) is 14.1. The lowest BCUT2D eigenvalue weighted by atomic mass is 9.92. The van der Waals surface area contributed by atoms with Crippen molar-refractivity contribution in [3.05, 3.63) is 36.2 Å². The summed E-state index contributed by atoms with van der Waals surface area (Å²) >= 11 is 0. The van der Waals surface area contributed by atoms with E-state index >= 15 is 0 Å². The number of aryl methyl sites for hydroxylation is 1. The van der Waals surface area contributed by atoms with Crippen LogP contribution in [0.5, 0.6) is 0 Å². The number of benzene rings is 1. The molecule has 2 atom stereocenters. The summed E-state index contributed by atoms with van der Waals surface area (Å²) in [5.74, 6) is -0.0138. The number of rotatable bonds is 5. The molecule has 1 saturated heterocycles. The molecule has 1 N–H and O–H groups in total. The Labute approximate surface area is 145 Å². The maximum atomic E-state index is 12.4. The maximum absolute atomic E-state index is 12.4. The third-order valence-corrected chi connectivity index (χ3v) is 4.51. The summed E-state index contributed by atoms with van der Waals surface area (Å²) in [6, 6.07) is 8.67. The highest BCUT2D eigenvalue weighted by Crippen LogP contribution is 2.24. The van der Waals surface area contributed by atoms with Crippen molar-refractivity contribution in [1.82, 2.24) is 15.1 Å². The number of nitrogens with zero attached hydrogens (tertiary/aromatic N) is 3. The van der Waals surface area contributed by atoms with Crippen LogP contribution in [0, 0.1) is 5.92 Å². The quantitative estimate of drug-likeness (QED) is 0.895. The summed E-state index contributed by atoms with van der Waals surface area (Å²) in [5, 5.41) is 17.3. The number of hydrogen-bond donors (Lipinski definition) is 1. The molecule has 2 heterocycles. The Morgan fingerprint density at radius 1 is 1.28 bits per heavy atom. The van der Waals surface area contributed by atoms with E-state index in [1.54, 1.807) is 0 Å². The van der Waals surface area contributed by atoms with E-state index in [4.69, 9.17) is 4.42 Å². The Kier molecular flexibility index (Phi) is 5.11. The molecule has 7 nitrogen and oxygen atoms in total. The average Bonchev–Trinajstić information content (AvgIpc) is 3.09. The fourth-order valence-corrected chi connectivity index (χ4v) is 3.08. The Morgan fingerprint density at radius 3 is 2.76 bits per heavy atom. The molecule has 0 bridgehead atoms. The minimum absolute atomic E-state index is 0.161. The molecule has 1 aromatic carbocycles.